The molecule has 1 aromatic carbocycles. The van der Waals surface area contributed by atoms with Crippen molar-refractivity contribution >= 4 is 58.7 Å². The molecule has 0 amide bonds. The SMILES string of the molecule is NC(CS[As](SCC(N)C(=O)O)c1ccc(S(N)(=O)=O)cc1)C(=O)O. The molecule has 0 radical (unpaired) electrons. The summed E-state index contributed by atoms with van der Waals surface area (Å²) < 4.78 is 23.4. The van der Waals surface area contributed by atoms with Gasteiger partial charge in [0, 0.05) is 0 Å². The van der Waals surface area contributed by atoms with Crippen molar-refractivity contribution in [2.24, 2.45) is 16.6 Å². The Kier molecular flexibility index (Phi) is 8.75. The number of carboxylic acids is 2. The summed E-state index contributed by atoms with van der Waals surface area (Å²) in [6, 6.07) is 3.83. The first-order valence-corrected chi connectivity index (χ1v) is 15.6. The molecule has 140 valence electrons. The van der Waals surface area contributed by atoms with Crippen LogP contribution in [-0.2, 0) is 19.6 Å². The Morgan fingerprint density at radius 2 is 1.40 bits per heavy atom. The van der Waals surface area contributed by atoms with Gasteiger partial charge in [0.05, 0.1) is 0 Å². The standard InChI is InChI=1S/C12H18AsN3O6S3/c14-9(11(17)18)5-23-13(24-6-10(15)12(19)20)7-1-3-8(4-2-7)25(16,21)22/h1-4,9-10H,5-6,14-15H2,(H,17,18)(H,19,20)(H2,16,21,22). The minimum atomic E-state index is -3.81. The van der Waals surface area contributed by atoms with Crippen LogP contribution in [0.25, 0.3) is 0 Å². The number of primary sulfonamides is 1. The van der Waals surface area contributed by atoms with Crippen molar-refractivity contribution < 1.29 is 28.2 Å². The van der Waals surface area contributed by atoms with E-state index in [2.05, 4.69) is 0 Å². The average Bonchev–Trinajstić information content (AvgIpc) is 2.53. The summed E-state index contributed by atoms with van der Waals surface area (Å²) in [5.74, 6) is -1.94. The van der Waals surface area contributed by atoms with Gasteiger partial charge in [0.25, 0.3) is 0 Å². The van der Waals surface area contributed by atoms with Crippen LogP contribution in [0.1, 0.15) is 0 Å². The van der Waals surface area contributed by atoms with Crippen LogP contribution >= 0.6 is 20.0 Å². The van der Waals surface area contributed by atoms with E-state index in [0.29, 0.717) is 0 Å². The summed E-state index contributed by atoms with van der Waals surface area (Å²) in [4.78, 5) is 21.7. The van der Waals surface area contributed by atoms with Crippen molar-refractivity contribution in [3.8, 4) is 0 Å². The van der Waals surface area contributed by atoms with Gasteiger partial charge in [-0.2, -0.15) is 0 Å². The van der Waals surface area contributed by atoms with Crippen LogP contribution in [0.5, 0.6) is 0 Å². The second-order valence-corrected chi connectivity index (χ2v) is 17.9. The molecule has 25 heavy (non-hydrogen) atoms. The predicted octanol–water partition coefficient (Wildman–Crippen LogP) is -1.68. The topological polar surface area (TPSA) is 187 Å². The van der Waals surface area contributed by atoms with Crippen LogP contribution in [0, 0.1) is 0 Å². The van der Waals surface area contributed by atoms with Crippen LogP contribution in [0.3, 0.4) is 0 Å². The van der Waals surface area contributed by atoms with Gasteiger partial charge in [-0.25, -0.2) is 0 Å². The third-order valence-corrected chi connectivity index (χ3v) is 17.0. The molecule has 13 heteroatoms. The molecule has 0 fully saturated rings. The van der Waals surface area contributed by atoms with Gasteiger partial charge in [0.2, 0.25) is 0 Å². The first-order chi connectivity index (χ1) is 11.5. The van der Waals surface area contributed by atoms with E-state index in [9.17, 15) is 18.0 Å². The first kappa shape index (κ1) is 22.3. The Bertz CT molecular complexity index is 691. The number of hydrogen-bond donors (Lipinski definition) is 5. The van der Waals surface area contributed by atoms with E-state index in [0.717, 1.165) is 4.35 Å². The fraction of sp³-hybridized carbons (Fsp3) is 0.333. The molecule has 0 aromatic heterocycles. The maximum atomic E-state index is 11.3. The number of sulfonamides is 1. The van der Waals surface area contributed by atoms with Crippen LogP contribution < -0.4 is 21.0 Å². The summed E-state index contributed by atoms with van der Waals surface area (Å²) in [7, 11) is -1.11. The van der Waals surface area contributed by atoms with E-state index < -0.39 is 46.4 Å². The molecule has 1 aromatic rings. The van der Waals surface area contributed by atoms with Crippen molar-refractivity contribution in [2.45, 2.75) is 17.0 Å². The van der Waals surface area contributed by atoms with Gasteiger partial charge in [0.1, 0.15) is 0 Å². The minimum absolute atomic E-state index is 0.0373. The average molecular weight is 471 g/mol. The number of nitrogens with two attached hydrogens (primary N) is 3. The molecule has 0 aliphatic heterocycles. The van der Waals surface area contributed by atoms with Crippen LogP contribution in [0.4, 0.5) is 0 Å². The van der Waals surface area contributed by atoms with Crippen molar-refractivity contribution in [2.75, 3.05) is 11.5 Å². The molecule has 0 aliphatic carbocycles. The molecular weight excluding hydrogens is 453 g/mol. The van der Waals surface area contributed by atoms with Gasteiger partial charge < -0.3 is 0 Å². The third kappa shape index (κ3) is 7.57. The molecule has 0 spiro atoms. The Morgan fingerprint density at radius 1 is 1.00 bits per heavy atom. The molecule has 0 aliphatic rings. The summed E-state index contributed by atoms with van der Waals surface area (Å²) in [6.45, 7) is 0. The molecule has 0 saturated heterocycles. The third-order valence-electron chi connectivity index (χ3n) is 2.75. The van der Waals surface area contributed by atoms with E-state index in [4.69, 9.17) is 26.8 Å². The van der Waals surface area contributed by atoms with Gasteiger partial charge in [-0.05, 0) is 0 Å². The van der Waals surface area contributed by atoms with E-state index in [1.54, 1.807) is 12.1 Å². The van der Waals surface area contributed by atoms with Gasteiger partial charge in [-0.15, -0.1) is 0 Å². The number of carboxylic acid groups (broad SMARTS) is 2. The van der Waals surface area contributed by atoms with Gasteiger partial charge in [-0.1, -0.05) is 0 Å². The monoisotopic (exact) mass is 471 g/mol. The van der Waals surface area contributed by atoms with Crippen LogP contribution in [0.2, 0.25) is 0 Å². The fourth-order valence-electron chi connectivity index (χ4n) is 1.38. The van der Waals surface area contributed by atoms with E-state index in [-0.39, 0.29) is 16.4 Å². The molecule has 1 rings (SSSR count). The van der Waals surface area contributed by atoms with Crippen molar-refractivity contribution in [1.82, 2.24) is 0 Å². The Morgan fingerprint density at radius 3 is 1.72 bits per heavy atom. The Labute approximate surface area is 156 Å². The predicted molar refractivity (Wildman–Crippen MR) is 99.3 cm³/mol. The first-order valence-electron chi connectivity index (χ1n) is 6.68. The molecule has 0 saturated carbocycles. The fourth-order valence-corrected chi connectivity index (χ4v) is 14.4. The van der Waals surface area contributed by atoms with Gasteiger partial charge >= 0.3 is 156 Å². The van der Waals surface area contributed by atoms with Crippen molar-refractivity contribution in [1.29, 1.82) is 0 Å². The molecule has 2 atom stereocenters. The second kappa shape index (κ2) is 9.81. The molecule has 8 N–H and O–H groups in total. The normalized spacial score (nSPS) is 15.3. The summed E-state index contributed by atoms with van der Waals surface area (Å²) >= 11 is -2.03. The summed E-state index contributed by atoms with van der Waals surface area (Å²) in [6.07, 6.45) is 0. The number of carbonyl (C=O) groups is 2. The van der Waals surface area contributed by atoms with Crippen molar-refractivity contribution in [3.63, 3.8) is 0 Å². The zero-order valence-corrected chi connectivity index (χ0v) is 17.1. The van der Waals surface area contributed by atoms with Gasteiger partial charge in [0.15, 0.2) is 0 Å². The van der Waals surface area contributed by atoms with E-state index in [1.165, 1.54) is 32.2 Å². The molecule has 2 unspecified atom stereocenters. The number of hydrogen-bond acceptors (Lipinski definition) is 8. The van der Waals surface area contributed by atoms with Gasteiger partial charge in [-0.3, -0.25) is 0 Å². The van der Waals surface area contributed by atoms with Crippen LogP contribution in [0.15, 0.2) is 29.2 Å². The summed E-state index contributed by atoms with van der Waals surface area (Å²) in [5, 5.41) is 22.8. The Balaban J connectivity index is 2.92. The number of rotatable bonds is 10. The van der Waals surface area contributed by atoms with E-state index in [1.807, 2.05) is 0 Å². The van der Waals surface area contributed by atoms with Crippen molar-refractivity contribution in [3.05, 3.63) is 24.3 Å². The molecule has 9 nitrogen and oxygen atoms in total. The molecule has 0 bridgehead atoms. The zero-order chi connectivity index (χ0) is 19.2. The zero-order valence-electron chi connectivity index (χ0n) is 12.8. The summed E-state index contributed by atoms with van der Waals surface area (Å²) in [5.41, 5.74) is 11.0. The Hall–Kier alpha value is -0.752. The quantitative estimate of drug-likeness (QED) is 0.247. The van der Waals surface area contributed by atoms with Crippen LogP contribution in [-0.4, -0.2) is 66.5 Å². The maximum absolute atomic E-state index is 11.3. The van der Waals surface area contributed by atoms with E-state index >= 15 is 0 Å². The number of benzene rings is 1. The molecular formula is C12H18AsN3O6S3. The molecule has 0 heterocycles. The second-order valence-electron chi connectivity index (χ2n) is 4.78. The number of aliphatic carboxylic acids is 2.